The maximum Gasteiger partial charge on any atom is 0.167 e. The van der Waals surface area contributed by atoms with E-state index in [4.69, 9.17) is 0 Å². The highest BCUT2D eigenvalue weighted by Gasteiger charge is 2.12. The van der Waals surface area contributed by atoms with Crippen molar-refractivity contribution in [2.75, 3.05) is 6.54 Å². The normalized spacial score (nSPS) is 13.3. The van der Waals surface area contributed by atoms with Gasteiger partial charge in [-0.1, -0.05) is 33.6 Å². The maximum atomic E-state index is 4.43. The summed E-state index contributed by atoms with van der Waals surface area (Å²) in [6.45, 7) is 9.72. The van der Waals surface area contributed by atoms with Crippen LogP contribution in [-0.2, 0) is 6.42 Å². The fourth-order valence-corrected chi connectivity index (χ4v) is 1.67. The Labute approximate surface area is 98.2 Å². The molecule has 0 saturated heterocycles. The van der Waals surface area contributed by atoms with Crippen molar-refractivity contribution in [2.24, 2.45) is 5.92 Å². The van der Waals surface area contributed by atoms with E-state index in [9.17, 15) is 0 Å². The summed E-state index contributed by atoms with van der Waals surface area (Å²) in [4.78, 5) is 4.43. The van der Waals surface area contributed by atoms with Gasteiger partial charge in [0.15, 0.2) is 5.82 Å². The number of aromatic nitrogens is 3. The molecule has 0 aromatic carbocycles. The highest BCUT2D eigenvalue weighted by molar-refractivity contribution is 4.95. The summed E-state index contributed by atoms with van der Waals surface area (Å²) in [5.41, 5.74) is 0. The summed E-state index contributed by atoms with van der Waals surface area (Å²) >= 11 is 0. The van der Waals surface area contributed by atoms with Gasteiger partial charge in [0.25, 0.3) is 0 Å². The molecule has 4 heteroatoms. The van der Waals surface area contributed by atoms with Gasteiger partial charge in [-0.15, -0.1) is 0 Å². The van der Waals surface area contributed by atoms with Gasteiger partial charge in [0.1, 0.15) is 5.82 Å². The number of hydrogen-bond donors (Lipinski definition) is 2. The van der Waals surface area contributed by atoms with E-state index in [0.717, 1.165) is 30.5 Å². The van der Waals surface area contributed by atoms with Crippen LogP contribution in [0, 0.1) is 5.92 Å². The van der Waals surface area contributed by atoms with Crippen molar-refractivity contribution >= 4 is 0 Å². The number of nitrogens with one attached hydrogen (secondary N) is 2. The van der Waals surface area contributed by atoms with Gasteiger partial charge in [0.2, 0.25) is 0 Å². The summed E-state index contributed by atoms with van der Waals surface area (Å²) in [5, 5.41) is 10.7. The third-order valence-electron chi connectivity index (χ3n) is 3.14. The van der Waals surface area contributed by atoms with E-state index in [-0.39, 0.29) is 6.04 Å². The van der Waals surface area contributed by atoms with Crippen molar-refractivity contribution < 1.29 is 0 Å². The minimum Gasteiger partial charge on any atom is -0.307 e. The molecule has 1 heterocycles. The molecule has 2 N–H and O–H groups in total. The summed E-state index contributed by atoms with van der Waals surface area (Å²) in [5.74, 6) is 2.60. The second-order valence-electron chi connectivity index (χ2n) is 4.31. The van der Waals surface area contributed by atoms with Crippen molar-refractivity contribution in [3.63, 3.8) is 0 Å². The largest absolute Gasteiger partial charge is 0.307 e. The Morgan fingerprint density at radius 2 is 1.94 bits per heavy atom. The van der Waals surface area contributed by atoms with Gasteiger partial charge in [0, 0.05) is 6.42 Å². The Morgan fingerprint density at radius 1 is 1.25 bits per heavy atom. The fraction of sp³-hybridized carbons (Fsp3) is 0.833. The minimum absolute atomic E-state index is 0.233. The molecule has 4 nitrogen and oxygen atoms in total. The maximum absolute atomic E-state index is 4.43. The van der Waals surface area contributed by atoms with Crippen LogP contribution in [0.2, 0.25) is 0 Å². The summed E-state index contributed by atoms with van der Waals surface area (Å²) in [7, 11) is 0. The second kappa shape index (κ2) is 6.63. The number of aryl methyl sites for hydroxylation is 1. The Morgan fingerprint density at radius 3 is 2.44 bits per heavy atom. The molecule has 0 fully saturated rings. The van der Waals surface area contributed by atoms with Gasteiger partial charge < -0.3 is 5.32 Å². The lowest BCUT2D eigenvalue weighted by molar-refractivity contribution is 0.416. The predicted molar refractivity (Wildman–Crippen MR) is 66.3 cm³/mol. The second-order valence-corrected chi connectivity index (χ2v) is 4.31. The predicted octanol–water partition coefficient (Wildman–Crippen LogP) is 2.45. The Kier molecular flexibility index (Phi) is 5.46. The van der Waals surface area contributed by atoms with Crippen molar-refractivity contribution in [3.05, 3.63) is 11.6 Å². The summed E-state index contributed by atoms with van der Waals surface area (Å²) in [6, 6.07) is 0.233. The zero-order valence-electron chi connectivity index (χ0n) is 10.9. The van der Waals surface area contributed by atoms with Gasteiger partial charge in [-0.05, 0) is 19.4 Å². The molecule has 92 valence electrons. The van der Waals surface area contributed by atoms with Gasteiger partial charge in [-0.3, -0.25) is 5.10 Å². The van der Waals surface area contributed by atoms with Crippen LogP contribution in [-0.4, -0.2) is 21.7 Å². The van der Waals surface area contributed by atoms with Crippen molar-refractivity contribution in [2.45, 2.75) is 53.0 Å². The Hall–Kier alpha value is -0.900. The lowest BCUT2D eigenvalue weighted by atomic mass is 10.0. The molecule has 0 radical (unpaired) electrons. The monoisotopic (exact) mass is 224 g/mol. The van der Waals surface area contributed by atoms with Crippen LogP contribution in [0.1, 0.15) is 58.2 Å². The summed E-state index contributed by atoms with van der Waals surface area (Å²) < 4.78 is 0. The standard InChI is InChI=1S/C12H24N4/c1-5-10(6-2)8-13-9(4)12-14-11(7-3)15-16-12/h9-10,13H,5-8H2,1-4H3,(H,14,15,16). The molecule has 1 rings (SSSR count). The van der Waals surface area contributed by atoms with Crippen LogP contribution in [0.15, 0.2) is 0 Å². The van der Waals surface area contributed by atoms with Crippen LogP contribution in [0.4, 0.5) is 0 Å². The van der Waals surface area contributed by atoms with Crippen LogP contribution in [0.25, 0.3) is 0 Å². The van der Waals surface area contributed by atoms with E-state index in [1.807, 2.05) is 0 Å². The third-order valence-corrected chi connectivity index (χ3v) is 3.14. The van der Waals surface area contributed by atoms with Gasteiger partial charge in [-0.25, -0.2) is 4.98 Å². The highest BCUT2D eigenvalue weighted by atomic mass is 15.2. The first-order chi connectivity index (χ1) is 7.71. The number of rotatable bonds is 7. The number of H-pyrrole nitrogens is 1. The average Bonchev–Trinajstić information content (AvgIpc) is 2.78. The van der Waals surface area contributed by atoms with E-state index in [2.05, 4.69) is 48.2 Å². The first kappa shape index (κ1) is 13.2. The van der Waals surface area contributed by atoms with Gasteiger partial charge in [-0.2, -0.15) is 5.10 Å². The molecular formula is C12H24N4. The zero-order chi connectivity index (χ0) is 12.0. The fourth-order valence-electron chi connectivity index (χ4n) is 1.67. The minimum atomic E-state index is 0.233. The molecule has 1 aromatic heterocycles. The highest BCUT2D eigenvalue weighted by Crippen LogP contribution is 2.10. The van der Waals surface area contributed by atoms with Gasteiger partial charge >= 0.3 is 0 Å². The Bertz CT molecular complexity index is 291. The molecule has 16 heavy (non-hydrogen) atoms. The van der Waals surface area contributed by atoms with E-state index in [1.54, 1.807) is 0 Å². The quantitative estimate of drug-likeness (QED) is 0.748. The molecule has 0 amide bonds. The zero-order valence-corrected chi connectivity index (χ0v) is 10.9. The van der Waals surface area contributed by atoms with Crippen molar-refractivity contribution in [1.29, 1.82) is 0 Å². The molecule has 0 bridgehead atoms. The van der Waals surface area contributed by atoms with E-state index in [1.165, 1.54) is 12.8 Å². The van der Waals surface area contributed by atoms with Crippen LogP contribution in [0.5, 0.6) is 0 Å². The third kappa shape index (κ3) is 3.59. The molecule has 0 aliphatic heterocycles. The first-order valence-electron chi connectivity index (χ1n) is 6.35. The molecule has 1 atom stereocenters. The average molecular weight is 224 g/mol. The van der Waals surface area contributed by atoms with Gasteiger partial charge in [0.05, 0.1) is 6.04 Å². The molecule has 0 spiro atoms. The lowest BCUT2D eigenvalue weighted by Gasteiger charge is -2.16. The van der Waals surface area contributed by atoms with Crippen molar-refractivity contribution in [1.82, 2.24) is 20.5 Å². The number of hydrogen-bond acceptors (Lipinski definition) is 3. The SMILES string of the molecule is CCc1nc(C(C)NCC(CC)CC)n[nH]1. The molecule has 0 saturated carbocycles. The van der Waals surface area contributed by atoms with E-state index < -0.39 is 0 Å². The lowest BCUT2D eigenvalue weighted by Crippen LogP contribution is -2.26. The number of nitrogens with zero attached hydrogens (tertiary/aromatic N) is 2. The smallest absolute Gasteiger partial charge is 0.167 e. The Balaban J connectivity index is 2.42. The summed E-state index contributed by atoms with van der Waals surface area (Å²) in [6.07, 6.45) is 3.36. The van der Waals surface area contributed by atoms with E-state index in [0.29, 0.717) is 0 Å². The van der Waals surface area contributed by atoms with Crippen LogP contribution < -0.4 is 5.32 Å². The van der Waals surface area contributed by atoms with E-state index >= 15 is 0 Å². The topological polar surface area (TPSA) is 53.6 Å². The van der Waals surface area contributed by atoms with Crippen LogP contribution >= 0.6 is 0 Å². The van der Waals surface area contributed by atoms with Crippen molar-refractivity contribution in [3.8, 4) is 0 Å². The first-order valence-corrected chi connectivity index (χ1v) is 6.35. The molecule has 0 aliphatic rings. The number of aromatic amines is 1. The molecule has 0 aliphatic carbocycles. The molecule has 1 aromatic rings. The van der Waals surface area contributed by atoms with Crippen LogP contribution in [0.3, 0.4) is 0 Å². The molecule has 1 unspecified atom stereocenters. The molecular weight excluding hydrogens is 200 g/mol.